The van der Waals surface area contributed by atoms with Gasteiger partial charge in [-0.05, 0) is 18.2 Å². The third-order valence-electron chi connectivity index (χ3n) is 2.75. The second kappa shape index (κ2) is 5.95. The Kier molecular flexibility index (Phi) is 4.54. The van der Waals surface area contributed by atoms with E-state index in [1.165, 1.54) is 15.8 Å². The molecule has 0 saturated carbocycles. The van der Waals surface area contributed by atoms with E-state index < -0.39 is 0 Å². The molecule has 0 unspecified atom stereocenters. The summed E-state index contributed by atoms with van der Waals surface area (Å²) in [6.45, 7) is 0.928. The molecule has 0 spiro atoms. The number of hydrogen-bond donors (Lipinski definition) is 0. The van der Waals surface area contributed by atoms with Crippen LogP contribution in [0.3, 0.4) is 0 Å². The SMILES string of the molecule is Brc1ccc(C[n+]2csc3ccccc32)cc1.[Br-]. The van der Waals surface area contributed by atoms with Gasteiger partial charge in [0.25, 0.3) is 0 Å². The van der Waals surface area contributed by atoms with E-state index in [0.29, 0.717) is 0 Å². The molecule has 1 heterocycles. The van der Waals surface area contributed by atoms with Gasteiger partial charge in [-0.15, -0.1) is 0 Å². The van der Waals surface area contributed by atoms with Crippen LogP contribution < -0.4 is 21.5 Å². The van der Waals surface area contributed by atoms with Crippen molar-refractivity contribution in [3.05, 3.63) is 64.1 Å². The lowest BCUT2D eigenvalue weighted by atomic mass is 10.2. The van der Waals surface area contributed by atoms with E-state index in [1.54, 1.807) is 11.3 Å². The van der Waals surface area contributed by atoms with E-state index >= 15 is 0 Å². The molecule has 1 nitrogen and oxygen atoms in total. The first-order chi connectivity index (χ1) is 8.33. The summed E-state index contributed by atoms with van der Waals surface area (Å²) in [5, 5.41) is 0. The van der Waals surface area contributed by atoms with Crippen LogP contribution in [0, 0.1) is 0 Å². The smallest absolute Gasteiger partial charge is 0.226 e. The zero-order chi connectivity index (χ0) is 11.7. The molecule has 4 heteroatoms. The number of benzene rings is 2. The van der Waals surface area contributed by atoms with Crippen molar-refractivity contribution >= 4 is 37.5 Å². The fraction of sp³-hybridized carbons (Fsp3) is 0.0714. The highest BCUT2D eigenvalue weighted by Crippen LogP contribution is 2.16. The Hall–Kier alpha value is -0.710. The lowest BCUT2D eigenvalue weighted by Gasteiger charge is -1.96. The number of thiazole rings is 1. The van der Waals surface area contributed by atoms with E-state index in [1.807, 2.05) is 0 Å². The largest absolute Gasteiger partial charge is 1.00 e. The van der Waals surface area contributed by atoms with Crippen LogP contribution in [0.4, 0.5) is 0 Å². The van der Waals surface area contributed by atoms with Gasteiger partial charge < -0.3 is 17.0 Å². The Bertz CT molecular complexity index is 646. The number of halogens is 2. The molecular weight excluding hydrogens is 374 g/mol. The fourth-order valence-corrected chi connectivity index (χ4v) is 3.04. The summed E-state index contributed by atoms with van der Waals surface area (Å²) in [7, 11) is 0. The summed E-state index contributed by atoms with van der Waals surface area (Å²) in [4.78, 5) is 0. The minimum atomic E-state index is 0. The van der Waals surface area contributed by atoms with Gasteiger partial charge in [-0.2, -0.15) is 4.57 Å². The zero-order valence-corrected chi connectivity index (χ0v) is 13.5. The second-order valence-corrected chi connectivity index (χ2v) is 5.75. The number of fused-ring (bicyclic) bond motifs is 1. The van der Waals surface area contributed by atoms with Gasteiger partial charge in [0.1, 0.15) is 4.70 Å². The second-order valence-electron chi connectivity index (χ2n) is 3.95. The van der Waals surface area contributed by atoms with Crippen molar-refractivity contribution in [2.45, 2.75) is 6.54 Å². The monoisotopic (exact) mass is 383 g/mol. The highest BCUT2D eigenvalue weighted by molar-refractivity contribution is 9.10. The van der Waals surface area contributed by atoms with E-state index in [0.717, 1.165) is 11.0 Å². The number of nitrogens with zero attached hydrogens (tertiary/aromatic N) is 1. The summed E-state index contributed by atoms with van der Waals surface area (Å²) in [6, 6.07) is 17.0. The summed E-state index contributed by atoms with van der Waals surface area (Å²) in [6.07, 6.45) is 0. The maximum Gasteiger partial charge on any atom is 0.226 e. The standard InChI is InChI=1S/C14H11BrNS.BrH/c15-12-7-5-11(6-8-12)9-16-10-17-14-4-2-1-3-13(14)16;/h1-8,10H,9H2;1H/q+1;/p-1. The zero-order valence-electron chi connectivity index (χ0n) is 9.51. The molecule has 3 aromatic rings. The van der Waals surface area contributed by atoms with Crippen LogP contribution in [0.15, 0.2) is 58.5 Å². The van der Waals surface area contributed by atoms with Gasteiger partial charge in [-0.25, -0.2) is 0 Å². The van der Waals surface area contributed by atoms with Gasteiger partial charge in [0.15, 0.2) is 6.54 Å². The highest BCUT2D eigenvalue weighted by Gasteiger charge is 2.10. The van der Waals surface area contributed by atoms with Crippen molar-refractivity contribution in [2.75, 3.05) is 0 Å². The third kappa shape index (κ3) is 2.82. The van der Waals surface area contributed by atoms with Crippen LogP contribution in [0.25, 0.3) is 10.2 Å². The minimum absolute atomic E-state index is 0. The topological polar surface area (TPSA) is 3.88 Å². The lowest BCUT2D eigenvalue weighted by Crippen LogP contribution is -3.00. The Morgan fingerprint density at radius 2 is 1.72 bits per heavy atom. The summed E-state index contributed by atoms with van der Waals surface area (Å²) >= 11 is 5.25. The van der Waals surface area contributed by atoms with Gasteiger partial charge in [-0.1, -0.05) is 51.5 Å². The van der Waals surface area contributed by atoms with Gasteiger partial charge in [0.2, 0.25) is 11.0 Å². The van der Waals surface area contributed by atoms with Crippen molar-refractivity contribution in [3.63, 3.8) is 0 Å². The Balaban J connectivity index is 0.00000120. The molecule has 92 valence electrons. The molecule has 0 saturated heterocycles. The van der Waals surface area contributed by atoms with Gasteiger partial charge in [0.05, 0.1) is 0 Å². The number of hydrogen-bond acceptors (Lipinski definition) is 1. The first kappa shape index (κ1) is 13.7. The minimum Gasteiger partial charge on any atom is -1.00 e. The van der Waals surface area contributed by atoms with Crippen LogP contribution in [0.5, 0.6) is 0 Å². The molecule has 0 bridgehead atoms. The first-order valence-corrected chi connectivity index (χ1v) is 7.10. The molecule has 18 heavy (non-hydrogen) atoms. The average molecular weight is 385 g/mol. The molecule has 0 N–H and O–H groups in total. The maximum atomic E-state index is 3.46. The van der Waals surface area contributed by atoms with E-state index in [4.69, 9.17) is 0 Å². The molecule has 1 aromatic heterocycles. The van der Waals surface area contributed by atoms with E-state index in [9.17, 15) is 0 Å². The van der Waals surface area contributed by atoms with Crippen molar-refractivity contribution in [2.24, 2.45) is 0 Å². The predicted molar refractivity (Wildman–Crippen MR) is 75.3 cm³/mol. The van der Waals surface area contributed by atoms with Gasteiger partial charge in [0, 0.05) is 16.1 Å². The van der Waals surface area contributed by atoms with Crippen LogP contribution in [0.2, 0.25) is 0 Å². The molecule has 2 aromatic carbocycles. The van der Waals surface area contributed by atoms with Crippen LogP contribution in [-0.4, -0.2) is 0 Å². The molecule has 0 aliphatic heterocycles. The first-order valence-electron chi connectivity index (χ1n) is 5.43. The van der Waals surface area contributed by atoms with Crippen molar-refractivity contribution in [3.8, 4) is 0 Å². The molecule has 3 rings (SSSR count). The van der Waals surface area contributed by atoms with E-state index in [-0.39, 0.29) is 17.0 Å². The van der Waals surface area contributed by atoms with Crippen molar-refractivity contribution in [1.29, 1.82) is 0 Å². The molecule has 0 fully saturated rings. The van der Waals surface area contributed by atoms with Gasteiger partial charge in [-0.3, -0.25) is 0 Å². The average Bonchev–Trinajstić information content (AvgIpc) is 2.76. The summed E-state index contributed by atoms with van der Waals surface area (Å²) in [5.74, 6) is 0. The van der Waals surface area contributed by atoms with Crippen molar-refractivity contribution < 1.29 is 21.5 Å². The Labute approximate surface area is 129 Å². The predicted octanol–water partition coefficient (Wildman–Crippen LogP) is 1.00. The van der Waals surface area contributed by atoms with Crippen LogP contribution in [-0.2, 0) is 6.54 Å². The Morgan fingerprint density at radius 1 is 1.00 bits per heavy atom. The van der Waals surface area contributed by atoms with Crippen LogP contribution >= 0.6 is 27.3 Å². The number of aromatic nitrogens is 1. The quantitative estimate of drug-likeness (QED) is 0.580. The number of para-hydroxylation sites is 1. The summed E-state index contributed by atoms with van der Waals surface area (Å²) in [5.41, 5.74) is 4.81. The maximum absolute atomic E-state index is 3.46. The third-order valence-corrected chi connectivity index (χ3v) is 4.24. The molecule has 0 aliphatic carbocycles. The molecule has 0 atom stereocenters. The number of rotatable bonds is 2. The summed E-state index contributed by atoms with van der Waals surface area (Å²) < 4.78 is 4.76. The molecule has 0 amide bonds. The highest BCUT2D eigenvalue weighted by atomic mass is 79.9. The lowest BCUT2D eigenvalue weighted by molar-refractivity contribution is -0.658. The fourth-order valence-electron chi connectivity index (χ4n) is 1.88. The van der Waals surface area contributed by atoms with Gasteiger partial charge >= 0.3 is 0 Å². The normalized spacial score (nSPS) is 10.3. The van der Waals surface area contributed by atoms with E-state index in [2.05, 4.69) is 74.5 Å². The Morgan fingerprint density at radius 3 is 2.50 bits per heavy atom. The van der Waals surface area contributed by atoms with Crippen molar-refractivity contribution in [1.82, 2.24) is 0 Å². The molecular formula is C14H11Br2NS. The van der Waals surface area contributed by atoms with Crippen LogP contribution in [0.1, 0.15) is 5.56 Å². The molecule has 0 aliphatic rings. The molecule has 0 radical (unpaired) electrons.